The van der Waals surface area contributed by atoms with Gasteiger partial charge in [-0.1, -0.05) is 6.08 Å². The van der Waals surface area contributed by atoms with Gasteiger partial charge in [0, 0.05) is 13.5 Å². The molecular formula is C8H12O2. The second-order valence-corrected chi connectivity index (χ2v) is 2.46. The average Bonchev–Trinajstić information content (AvgIpc) is 2.31. The van der Waals surface area contributed by atoms with Gasteiger partial charge in [0.15, 0.2) is 5.78 Å². The van der Waals surface area contributed by atoms with Gasteiger partial charge in [-0.3, -0.25) is 4.79 Å². The first-order valence-electron chi connectivity index (χ1n) is 3.56. The lowest BCUT2D eigenvalue weighted by Gasteiger charge is -1.92. The molecule has 0 aromatic heterocycles. The molecule has 0 radical (unpaired) electrons. The summed E-state index contributed by atoms with van der Waals surface area (Å²) in [5.74, 6) is 0.303. The molecule has 1 rings (SSSR count). The Labute approximate surface area is 60.9 Å². The highest BCUT2D eigenvalue weighted by Gasteiger charge is 2.15. The molecule has 56 valence electrons. The molecule has 0 aromatic carbocycles. The molecule has 2 heteroatoms. The molecule has 1 saturated carbocycles. The summed E-state index contributed by atoms with van der Waals surface area (Å²) < 4.78 is 4.82. The third-order valence-electron chi connectivity index (χ3n) is 1.70. The summed E-state index contributed by atoms with van der Waals surface area (Å²) in [6, 6.07) is 0. The van der Waals surface area contributed by atoms with Crippen molar-refractivity contribution in [2.45, 2.75) is 19.3 Å². The van der Waals surface area contributed by atoms with Gasteiger partial charge in [0.25, 0.3) is 0 Å². The molecule has 0 amide bonds. The summed E-state index contributed by atoms with van der Waals surface area (Å²) in [7, 11) is 1.64. The van der Waals surface area contributed by atoms with Crippen LogP contribution in [0.2, 0.25) is 0 Å². The fourth-order valence-corrected chi connectivity index (χ4v) is 1.14. The van der Waals surface area contributed by atoms with Crippen molar-refractivity contribution < 1.29 is 9.53 Å². The van der Waals surface area contributed by atoms with Crippen molar-refractivity contribution in [1.82, 2.24) is 0 Å². The van der Waals surface area contributed by atoms with Crippen molar-refractivity contribution in [3.63, 3.8) is 0 Å². The smallest absolute Gasteiger partial charge is 0.158 e. The second-order valence-electron chi connectivity index (χ2n) is 2.46. The Morgan fingerprint density at radius 2 is 2.40 bits per heavy atom. The minimum absolute atomic E-state index is 0.303. The number of carbonyl (C=O) groups excluding carboxylic acids is 1. The summed E-state index contributed by atoms with van der Waals surface area (Å²) in [6.45, 7) is 0.571. The summed E-state index contributed by atoms with van der Waals surface area (Å²) >= 11 is 0. The van der Waals surface area contributed by atoms with Crippen LogP contribution in [0.4, 0.5) is 0 Å². The highest BCUT2D eigenvalue weighted by Crippen LogP contribution is 2.19. The number of hydrogen-bond donors (Lipinski definition) is 0. The maximum atomic E-state index is 11.0. The number of carbonyl (C=O) groups is 1. The minimum atomic E-state index is 0.303. The normalized spacial score (nSPS) is 22.5. The molecule has 0 bridgehead atoms. The molecule has 0 saturated heterocycles. The Morgan fingerprint density at radius 3 is 2.90 bits per heavy atom. The van der Waals surface area contributed by atoms with Crippen LogP contribution >= 0.6 is 0 Å². The van der Waals surface area contributed by atoms with Crippen LogP contribution in [-0.4, -0.2) is 19.5 Å². The summed E-state index contributed by atoms with van der Waals surface area (Å²) in [5, 5.41) is 0. The third-order valence-corrected chi connectivity index (χ3v) is 1.70. The molecule has 0 heterocycles. The van der Waals surface area contributed by atoms with Gasteiger partial charge in [0.2, 0.25) is 0 Å². The minimum Gasteiger partial charge on any atom is -0.381 e. The molecule has 1 fully saturated rings. The van der Waals surface area contributed by atoms with Crippen molar-refractivity contribution in [2.24, 2.45) is 0 Å². The van der Waals surface area contributed by atoms with Crippen LogP contribution in [0.25, 0.3) is 0 Å². The molecule has 0 N–H and O–H groups in total. The van der Waals surface area contributed by atoms with Crippen LogP contribution in [0.1, 0.15) is 19.3 Å². The maximum absolute atomic E-state index is 11.0. The Bertz CT molecular complexity index is 159. The lowest BCUT2D eigenvalue weighted by atomic mass is 10.2. The number of ether oxygens (including phenoxy) is 1. The maximum Gasteiger partial charge on any atom is 0.158 e. The lowest BCUT2D eigenvalue weighted by Crippen LogP contribution is -1.93. The first-order valence-corrected chi connectivity index (χ1v) is 3.56. The van der Waals surface area contributed by atoms with Gasteiger partial charge in [0.05, 0.1) is 6.61 Å². The van der Waals surface area contributed by atoms with E-state index < -0.39 is 0 Å². The van der Waals surface area contributed by atoms with E-state index in [0.717, 1.165) is 24.8 Å². The number of Topliss-reactive ketones (excluding diaryl/α,β-unsaturated/α-hetero) is 1. The van der Waals surface area contributed by atoms with Crippen molar-refractivity contribution in [1.29, 1.82) is 0 Å². The van der Waals surface area contributed by atoms with E-state index in [4.69, 9.17) is 4.74 Å². The number of ketones is 1. The Balaban J connectivity index is 2.46. The van der Waals surface area contributed by atoms with Gasteiger partial charge >= 0.3 is 0 Å². The fraction of sp³-hybridized carbons (Fsp3) is 0.625. The molecule has 0 aromatic rings. The third kappa shape index (κ3) is 1.67. The van der Waals surface area contributed by atoms with E-state index in [1.807, 2.05) is 6.08 Å². The predicted octanol–water partition coefficient (Wildman–Crippen LogP) is 1.31. The number of methoxy groups -OCH3 is 1. The van der Waals surface area contributed by atoms with E-state index in [0.29, 0.717) is 12.4 Å². The van der Waals surface area contributed by atoms with E-state index in [9.17, 15) is 4.79 Å². The lowest BCUT2D eigenvalue weighted by molar-refractivity contribution is -0.114. The van der Waals surface area contributed by atoms with E-state index in [1.54, 1.807) is 7.11 Å². The number of rotatable bonds is 2. The predicted molar refractivity (Wildman–Crippen MR) is 38.8 cm³/mol. The Kier molecular flexibility index (Phi) is 2.63. The van der Waals surface area contributed by atoms with E-state index >= 15 is 0 Å². The zero-order valence-corrected chi connectivity index (χ0v) is 6.22. The van der Waals surface area contributed by atoms with Crippen molar-refractivity contribution in [3.8, 4) is 0 Å². The largest absolute Gasteiger partial charge is 0.381 e. The first kappa shape index (κ1) is 7.48. The molecule has 0 atom stereocenters. The van der Waals surface area contributed by atoms with Crippen molar-refractivity contribution in [3.05, 3.63) is 11.6 Å². The Hall–Kier alpha value is -0.630. The molecule has 0 spiro atoms. The number of hydrogen-bond acceptors (Lipinski definition) is 2. The van der Waals surface area contributed by atoms with E-state index in [2.05, 4.69) is 0 Å². The van der Waals surface area contributed by atoms with Crippen molar-refractivity contribution in [2.75, 3.05) is 13.7 Å². The van der Waals surface area contributed by atoms with Crippen LogP contribution < -0.4 is 0 Å². The van der Waals surface area contributed by atoms with Crippen LogP contribution in [0.15, 0.2) is 11.6 Å². The fourth-order valence-electron chi connectivity index (χ4n) is 1.14. The first-order chi connectivity index (χ1) is 4.84. The van der Waals surface area contributed by atoms with Crippen LogP contribution in [0.5, 0.6) is 0 Å². The standard InChI is InChI=1S/C8H12O2/c1-10-6-5-7-3-2-4-8(7)9/h5H,2-4,6H2,1H3. The van der Waals surface area contributed by atoms with Gasteiger partial charge in [-0.05, 0) is 18.4 Å². The topological polar surface area (TPSA) is 26.3 Å². The van der Waals surface area contributed by atoms with Crippen LogP contribution in [0.3, 0.4) is 0 Å². The summed E-state index contributed by atoms with van der Waals surface area (Å²) in [5.41, 5.74) is 0.960. The molecule has 0 unspecified atom stereocenters. The Morgan fingerprint density at radius 1 is 1.60 bits per heavy atom. The number of allylic oxidation sites excluding steroid dienone is 1. The molecule has 1 aliphatic carbocycles. The van der Waals surface area contributed by atoms with E-state index in [-0.39, 0.29) is 0 Å². The second kappa shape index (κ2) is 3.52. The molecule has 10 heavy (non-hydrogen) atoms. The summed E-state index contributed by atoms with van der Waals surface area (Å²) in [6.07, 6.45) is 4.58. The summed E-state index contributed by atoms with van der Waals surface area (Å²) in [4.78, 5) is 11.0. The molecular weight excluding hydrogens is 128 g/mol. The molecule has 0 aliphatic heterocycles. The quantitative estimate of drug-likeness (QED) is 0.540. The highest BCUT2D eigenvalue weighted by molar-refractivity contribution is 5.97. The highest BCUT2D eigenvalue weighted by atomic mass is 16.5. The SMILES string of the molecule is COCC=C1CCCC1=O. The zero-order valence-electron chi connectivity index (χ0n) is 6.22. The van der Waals surface area contributed by atoms with Gasteiger partial charge in [-0.25, -0.2) is 0 Å². The van der Waals surface area contributed by atoms with Crippen LogP contribution in [0, 0.1) is 0 Å². The van der Waals surface area contributed by atoms with Crippen molar-refractivity contribution >= 4 is 5.78 Å². The van der Waals surface area contributed by atoms with Gasteiger partial charge in [0.1, 0.15) is 0 Å². The molecule has 1 aliphatic rings. The monoisotopic (exact) mass is 140 g/mol. The van der Waals surface area contributed by atoms with Crippen LogP contribution in [-0.2, 0) is 9.53 Å². The molecule has 2 nitrogen and oxygen atoms in total. The van der Waals surface area contributed by atoms with Gasteiger partial charge in [-0.15, -0.1) is 0 Å². The van der Waals surface area contributed by atoms with Gasteiger partial charge < -0.3 is 4.74 Å². The average molecular weight is 140 g/mol. The zero-order chi connectivity index (χ0) is 7.40. The van der Waals surface area contributed by atoms with Gasteiger partial charge in [-0.2, -0.15) is 0 Å². The van der Waals surface area contributed by atoms with E-state index in [1.165, 1.54) is 0 Å².